The van der Waals surface area contributed by atoms with E-state index in [-0.39, 0.29) is 17.2 Å². The van der Waals surface area contributed by atoms with Crippen LogP contribution in [0.2, 0.25) is 0 Å². The molecule has 0 radical (unpaired) electrons. The number of carbonyl (C=O) groups excluding carboxylic acids is 1. The van der Waals surface area contributed by atoms with Crippen molar-refractivity contribution >= 4 is 45.7 Å². The summed E-state index contributed by atoms with van der Waals surface area (Å²) in [7, 11) is 1.58. The smallest absolute Gasteiger partial charge is 0.234 e. The van der Waals surface area contributed by atoms with Crippen molar-refractivity contribution in [2.45, 2.75) is 5.03 Å². The molecule has 0 saturated carbocycles. The van der Waals surface area contributed by atoms with Gasteiger partial charge in [0.1, 0.15) is 28.5 Å². The maximum atomic E-state index is 12.2. The number of hydrogen-bond donors (Lipinski definition) is 1. The van der Waals surface area contributed by atoms with Gasteiger partial charge in [0.15, 0.2) is 4.96 Å². The summed E-state index contributed by atoms with van der Waals surface area (Å²) in [6, 6.07) is 10.7. The molecule has 0 aliphatic heterocycles. The molecule has 0 fully saturated rings. The number of carbonyl (C=O) groups is 1. The molecule has 0 bridgehead atoms. The van der Waals surface area contributed by atoms with E-state index in [0.29, 0.717) is 22.2 Å². The molecule has 0 aliphatic rings. The Morgan fingerprint density at radius 1 is 1.37 bits per heavy atom. The second-order valence-electron chi connectivity index (χ2n) is 5.20. The Morgan fingerprint density at radius 3 is 2.78 bits per heavy atom. The number of thioether (sulfide) groups is 1. The maximum Gasteiger partial charge on any atom is 0.234 e. The number of benzene rings is 1. The Labute approximate surface area is 163 Å². The van der Waals surface area contributed by atoms with Crippen LogP contribution in [-0.4, -0.2) is 28.2 Å². The van der Waals surface area contributed by atoms with Gasteiger partial charge in [-0.1, -0.05) is 11.8 Å². The summed E-state index contributed by atoms with van der Waals surface area (Å²) in [5, 5.41) is 23.3. The Hall–Kier alpha value is -3.27. The Morgan fingerprint density at radius 2 is 2.11 bits per heavy atom. The van der Waals surface area contributed by atoms with E-state index in [1.165, 1.54) is 29.2 Å². The highest BCUT2D eigenvalue weighted by Gasteiger charge is 2.15. The zero-order valence-electron chi connectivity index (χ0n) is 14.2. The number of aromatic nitrogens is 2. The highest BCUT2D eigenvalue weighted by molar-refractivity contribution is 8.00. The molecule has 1 aromatic carbocycles. The first-order valence-electron chi connectivity index (χ1n) is 7.68. The van der Waals surface area contributed by atoms with E-state index >= 15 is 0 Å². The van der Waals surface area contributed by atoms with Gasteiger partial charge in [-0.2, -0.15) is 10.5 Å². The van der Waals surface area contributed by atoms with Gasteiger partial charge in [-0.3, -0.25) is 9.20 Å². The predicted octanol–water partition coefficient (Wildman–Crippen LogP) is 3.57. The van der Waals surface area contributed by atoms with Gasteiger partial charge in [-0.15, -0.1) is 11.3 Å². The number of anilines is 1. The number of methoxy groups -OCH3 is 1. The highest BCUT2D eigenvalue weighted by atomic mass is 32.2. The molecule has 3 aromatic rings. The molecule has 2 aromatic heterocycles. The van der Waals surface area contributed by atoms with E-state index in [9.17, 15) is 4.79 Å². The van der Waals surface area contributed by atoms with Crippen LogP contribution < -0.4 is 10.1 Å². The van der Waals surface area contributed by atoms with Crippen molar-refractivity contribution in [1.82, 2.24) is 9.38 Å². The molecular formula is C18H13N5O2S2. The van der Waals surface area contributed by atoms with Crippen LogP contribution >= 0.6 is 23.1 Å². The average Bonchev–Trinajstić information content (AvgIpc) is 3.27. The van der Waals surface area contributed by atoms with Crippen LogP contribution in [-0.2, 0) is 4.79 Å². The van der Waals surface area contributed by atoms with Gasteiger partial charge in [0, 0.05) is 17.3 Å². The van der Waals surface area contributed by atoms with Crippen LogP contribution in [0.5, 0.6) is 5.75 Å². The molecule has 1 N–H and O–H groups in total. The molecule has 0 spiro atoms. The SMILES string of the molecule is COc1ccc(NC(=O)CSc2nc3sccn3c2C=C(C#N)C#N)cc1. The minimum atomic E-state index is -0.183. The van der Waals surface area contributed by atoms with E-state index < -0.39 is 0 Å². The van der Waals surface area contributed by atoms with E-state index in [1.807, 2.05) is 23.7 Å². The van der Waals surface area contributed by atoms with Crippen LogP contribution in [0.15, 0.2) is 46.4 Å². The molecule has 27 heavy (non-hydrogen) atoms. The summed E-state index contributed by atoms with van der Waals surface area (Å²) in [6.07, 6.45) is 3.29. The van der Waals surface area contributed by atoms with Crippen molar-refractivity contribution in [3.05, 3.63) is 47.1 Å². The van der Waals surface area contributed by atoms with Gasteiger partial charge < -0.3 is 10.1 Å². The van der Waals surface area contributed by atoms with E-state index in [2.05, 4.69) is 10.3 Å². The third-order valence-corrected chi connectivity index (χ3v) is 5.24. The Bertz CT molecular complexity index is 1070. The molecule has 9 heteroatoms. The van der Waals surface area contributed by atoms with Crippen LogP contribution in [0.1, 0.15) is 5.69 Å². The third-order valence-electron chi connectivity index (χ3n) is 3.50. The zero-order chi connectivity index (χ0) is 19.2. The second kappa shape index (κ2) is 8.41. The van der Waals surface area contributed by atoms with Gasteiger partial charge in [0.25, 0.3) is 0 Å². The molecule has 0 aliphatic carbocycles. The van der Waals surface area contributed by atoms with Crippen LogP contribution in [0, 0.1) is 22.7 Å². The van der Waals surface area contributed by atoms with Gasteiger partial charge in [-0.25, -0.2) is 4.98 Å². The Balaban J connectivity index is 1.73. The van der Waals surface area contributed by atoms with Gasteiger partial charge in [0.05, 0.1) is 18.6 Å². The number of allylic oxidation sites excluding steroid dienone is 1. The number of thiazole rings is 1. The molecule has 0 unspecified atom stereocenters. The largest absolute Gasteiger partial charge is 0.497 e. The standard InChI is InChI=1S/C18H13N5O2S2/c1-25-14-4-2-13(3-5-14)21-16(24)11-27-17-15(8-12(9-19)10-20)23-6-7-26-18(23)22-17/h2-8H,11H2,1H3,(H,21,24). The van der Waals surface area contributed by atoms with Crippen molar-refractivity contribution in [3.63, 3.8) is 0 Å². The molecule has 134 valence electrons. The fourth-order valence-corrected chi connectivity index (χ4v) is 3.83. The van der Waals surface area contributed by atoms with E-state index in [0.717, 1.165) is 4.96 Å². The van der Waals surface area contributed by atoms with Crippen LogP contribution in [0.25, 0.3) is 11.0 Å². The number of nitriles is 2. The van der Waals surface area contributed by atoms with Gasteiger partial charge in [0.2, 0.25) is 5.91 Å². The fraction of sp³-hybridized carbons (Fsp3) is 0.111. The monoisotopic (exact) mass is 395 g/mol. The van der Waals surface area contributed by atoms with Crippen molar-refractivity contribution in [2.24, 2.45) is 0 Å². The number of hydrogen-bond acceptors (Lipinski definition) is 7. The van der Waals surface area contributed by atoms with Crippen molar-refractivity contribution in [1.29, 1.82) is 10.5 Å². The Kier molecular flexibility index (Phi) is 5.77. The fourth-order valence-electron chi connectivity index (χ4n) is 2.25. The van der Waals surface area contributed by atoms with Crippen molar-refractivity contribution in [3.8, 4) is 17.9 Å². The number of nitrogens with one attached hydrogen (secondary N) is 1. The minimum absolute atomic E-state index is 0.0208. The van der Waals surface area contributed by atoms with Crippen LogP contribution in [0.3, 0.4) is 0 Å². The average molecular weight is 395 g/mol. The first-order valence-corrected chi connectivity index (χ1v) is 9.55. The van der Waals surface area contributed by atoms with E-state index in [1.54, 1.807) is 35.8 Å². The zero-order valence-corrected chi connectivity index (χ0v) is 15.8. The summed E-state index contributed by atoms with van der Waals surface area (Å²) in [5.74, 6) is 0.673. The summed E-state index contributed by atoms with van der Waals surface area (Å²) in [6.45, 7) is 0. The van der Waals surface area contributed by atoms with Gasteiger partial charge >= 0.3 is 0 Å². The van der Waals surface area contributed by atoms with Crippen LogP contribution in [0.4, 0.5) is 5.69 Å². The van der Waals surface area contributed by atoms with Crippen molar-refractivity contribution < 1.29 is 9.53 Å². The molecule has 0 atom stereocenters. The summed E-state index contributed by atoms with van der Waals surface area (Å²) in [4.78, 5) is 17.4. The summed E-state index contributed by atoms with van der Waals surface area (Å²) < 4.78 is 6.88. The number of imidazole rings is 1. The van der Waals surface area contributed by atoms with Gasteiger partial charge in [-0.05, 0) is 30.3 Å². The summed E-state index contributed by atoms with van der Waals surface area (Å²) >= 11 is 2.69. The third kappa shape index (κ3) is 4.29. The molecular weight excluding hydrogens is 382 g/mol. The molecule has 7 nitrogen and oxygen atoms in total. The lowest BCUT2D eigenvalue weighted by atomic mass is 10.2. The normalized spacial score (nSPS) is 10.0. The maximum absolute atomic E-state index is 12.2. The molecule has 3 rings (SSSR count). The number of fused-ring (bicyclic) bond motifs is 1. The first kappa shape index (κ1) is 18.5. The molecule has 1 amide bonds. The molecule has 2 heterocycles. The predicted molar refractivity (Wildman–Crippen MR) is 105 cm³/mol. The number of rotatable bonds is 6. The quantitative estimate of drug-likeness (QED) is 0.505. The number of nitrogens with zero attached hydrogens (tertiary/aromatic N) is 4. The van der Waals surface area contributed by atoms with E-state index in [4.69, 9.17) is 15.3 Å². The lowest BCUT2D eigenvalue weighted by Crippen LogP contribution is -2.14. The summed E-state index contributed by atoms with van der Waals surface area (Å²) in [5.41, 5.74) is 1.27. The second-order valence-corrected chi connectivity index (χ2v) is 7.04. The lowest BCUT2D eigenvalue weighted by molar-refractivity contribution is -0.113. The first-order chi connectivity index (χ1) is 13.1. The topological polar surface area (TPSA) is 103 Å². The minimum Gasteiger partial charge on any atom is -0.497 e. The lowest BCUT2D eigenvalue weighted by Gasteiger charge is -2.06. The number of amides is 1. The van der Waals surface area contributed by atoms with Crippen molar-refractivity contribution in [2.75, 3.05) is 18.2 Å². The number of ether oxygens (including phenoxy) is 1. The molecule has 0 saturated heterocycles. The highest BCUT2D eigenvalue weighted by Crippen LogP contribution is 2.28.